The second kappa shape index (κ2) is 6.39. The minimum atomic E-state index is -0.859. The van der Waals surface area contributed by atoms with Gasteiger partial charge in [0.25, 0.3) is 0 Å². The molecule has 0 bridgehead atoms. The Labute approximate surface area is 101 Å². The van der Waals surface area contributed by atoms with E-state index in [0.29, 0.717) is 38.9 Å². The molecule has 1 fully saturated rings. The van der Waals surface area contributed by atoms with E-state index < -0.39 is 11.4 Å². The SMILES string of the molecule is C=CCCC(=O)NCC1(C(=O)O)CCOCC1. The molecule has 0 aromatic carbocycles. The van der Waals surface area contributed by atoms with Gasteiger partial charge in [0.1, 0.15) is 0 Å². The molecule has 0 radical (unpaired) electrons. The zero-order valence-corrected chi connectivity index (χ0v) is 9.91. The van der Waals surface area contributed by atoms with Crippen molar-refractivity contribution in [2.45, 2.75) is 25.7 Å². The highest BCUT2D eigenvalue weighted by molar-refractivity contribution is 5.79. The Bertz CT molecular complexity index is 295. The van der Waals surface area contributed by atoms with E-state index in [0.717, 1.165) is 0 Å². The van der Waals surface area contributed by atoms with Gasteiger partial charge in [0, 0.05) is 26.2 Å². The van der Waals surface area contributed by atoms with Gasteiger partial charge in [-0.05, 0) is 19.3 Å². The van der Waals surface area contributed by atoms with Crippen LogP contribution in [0.3, 0.4) is 0 Å². The molecule has 5 heteroatoms. The van der Waals surface area contributed by atoms with E-state index in [9.17, 15) is 14.7 Å². The van der Waals surface area contributed by atoms with Crippen molar-refractivity contribution < 1.29 is 19.4 Å². The number of carboxylic acid groups (broad SMARTS) is 1. The molecule has 1 rings (SSSR count). The van der Waals surface area contributed by atoms with Gasteiger partial charge in [0.2, 0.25) is 5.91 Å². The molecule has 1 saturated heterocycles. The first-order chi connectivity index (χ1) is 8.10. The number of allylic oxidation sites excluding steroid dienone is 1. The molecule has 0 aliphatic carbocycles. The lowest BCUT2D eigenvalue weighted by atomic mass is 9.80. The number of carbonyl (C=O) groups is 2. The zero-order chi connectivity index (χ0) is 12.7. The van der Waals surface area contributed by atoms with E-state index in [1.165, 1.54) is 0 Å². The maximum absolute atomic E-state index is 11.4. The first-order valence-corrected chi connectivity index (χ1v) is 5.79. The summed E-state index contributed by atoms with van der Waals surface area (Å²) >= 11 is 0. The first kappa shape index (κ1) is 13.7. The van der Waals surface area contributed by atoms with Gasteiger partial charge in [-0.2, -0.15) is 0 Å². The zero-order valence-electron chi connectivity index (χ0n) is 9.91. The van der Waals surface area contributed by atoms with Crippen LogP contribution in [0, 0.1) is 5.41 Å². The molecular weight excluding hydrogens is 222 g/mol. The van der Waals surface area contributed by atoms with Crippen molar-refractivity contribution in [3.8, 4) is 0 Å². The van der Waals surface area contributed by atoms with Gasteiger partial charge in [-0.15, -0.1) is 6.58 Å². The number of amides is 1. The Balaban J connectivity index is 2.47. The number of nitrogens with one attached hydrogen (secondary N) is 1. The fraction of sp³-hybridized carbons (Fsp3) is 0.667. The van der Waals surface area contributed by atoms with E-state index in [1.807, 2.05) is 0 Å². The fourth-order valence-corrected chi connectivity index (χ4v) is 1.82. The van der Waals surface area contributed by atoms with Crippen LogP contribution in [0.15, 0.2) is 12.7 Å². The lowest BCUT2D eigenvalue weighted by Crippen LogP contribution is -2.46. The molecule has 1 heterocycles. The predicted molar refractivity (Wildman–Crippen MR) is 62.6 cm³/mol. The van der Waals surface area contributed by atoms with E-state index in [4.69, 9.17) is 4.74 Å². The molecule has 17 heavy (non-hydrogen) atoms. The molecule has 1 aliphatic rings. The van der Waals surface area contributed by atoms with Gasteiger partial charge in [0.05, 0.1) is 5.41 Å². The van der Waals surface area contributed by atoms with Crippen LogP contribution in [0.2, 0.25) is 0 Å². The van der Waals surface area contributed by atoms with E-state index >= 15 is 0 Å². The Kier molecular flexibility index (Phi) is 5.15. The van der Waals surface area contributed by atoms with E-state index in [-0.39, 0.29) is 12.5 Å². The van der Waals surface area contributed by atoms with Crippen LogP contribution < -0.4 is 5.32 Å². The second-order valence-corrected chi connectivity index (χ2v) is 4.30. The number of rotatable bonds is 6. The van der Waals surface area contributed by atoms with Crippen molar-refractivity contribution in [2.75, 3.05) is 19.8 Å². The fourth-order valence-electron chi connectivity index (χ4n) is 1.82. The largest absolute Gasteiger partial charge is 0.481 e. The topological polar surface area (TPSA) is 75.6 Å². The molecule has 0 aromatic rings. The summed E-state index contributed by atoms with van der Waals surface area (Å²) in [5, 5.41) is 11.9. The van der Waals surface area contributed by atoms with E-state index in [1.54, 1.807) is 6.08 Å². The lowest BCUT2D eigenvalue weighted by Gasteiger charge is -2.33. The van der Waals surface area contributed by atoms with Crippen LogP contribution in [0.25, 0.3) is 0 Å². The summed E-state index contributed by atoms with van der Waals surface area (Å²) in [4.78, 5) is 22.7. The Hall–Kier alpha value is -1.36. The van der Waals surface area contributed by atoms with Crippen LogP contribution in [0.1, 0.15) is 25.7 Å². The normalized spacial score (nSPS) is 18.4. The third-order valence-electron chi connectivity index (χ3n) is 3.10. The summed E-state index contributed by atoms with van der Waals surface area (Å²) in [5.74, 6) is -0.984. The maximum atomic E-state index is 11.4. The minimum absolute atomic E-state index is 0.128. The average molecular weight is 241 g/mol. The summed E-state index contributed by atoms with van der Waals surface area (Å²) in [5.41, 5.74) is -0.859. The second-order valence-electron chi connectivity index (χ2n) is 4.30. The third kappa shape index (κ3) is 3.85. The quantitative estimate of drug-likeness (QED) is 0.679. The van der Waals surface area contributed by atoms with Crippen molar-refractivity contribution in [2.24, 2.45) is 5.41 Å². The Morgan fingerprint density at radius 2 is 2.06 bits per heavy atom. The predicted octanol–water partition coefficient (Wildman–Crippen LogP) is 0.950. The molecule has 1 aliphatic heterocycles. The molecule has 0 aromatic heterocycles. The summed E-state index contributed by atoms with van der Waals surface area (Å²) in [6.07, 6.45) is 3.53. The van der Waals surface area contributed by atoms with Crippen molar-refractivity contribution in [1.29, 1.82) is 0 Å². The highest BCUT2D eigenvalue weighted by atomic mass is 16.5. The molecule has 2 N–H and O–H groups in total. The number of carboxylic acids is 1. The van der Waals surface area contributed by atoms with E-state index in [2.05, 4.69) is 11.9 Å². The smallest absolute Gasteiger partial charge is 0.311 e. The van der Waals surface area contributed by atoms with Crippen LogP contribution in [0.4, 0.5) is 0 Å². The number of carbonyl (C=O) groups excluding carboxylic acids is 1. The molecule has 0 atom stereocenters. The van der Waals surface area contributed by atoms with Gasteiger partial charge in [-0.1, -0.05) is 6.08 Å². The summed E-state index contributed by atoms with van der Waals surface area (Å²) in [7, 11) is 0. The van der Waals surface area contributed by atoms with Gasteiger partial charge in [-0.3, -0.25) is 9.59 Å². The number of ether oxygens (including phenoxy) is 1. The summed E-state index contributed by atoms with van der Waals surface area (Å²) in [6, 6.07) is 0. The molecule has 0 saturated carbocycles. The van der Waals surface area contributed by atoms with Crippen LogP contribution >= 0.6 is 0 Å². The van der Waals surface area contributed by atoms with Crippen molar-refractivity contribution in [1.82, 2.24) is 5.32 Å². The molecule has 0 spiro atoms. The Morgan fingerprint density at radius 1 is 1.41 bits per heavy atom. The number of hydrogen-bond donors (Lipinski definition) is 2. The lowest BCUT2D eigenvalue weighted by molar-refractivity contribution is -0.154. The monoisotopic (exact) mass is 241 g/mol. The van der Waals surface area contributed by atoms with Gasteiger partial charge < -0.3 is 15.2 Å². The molecule has 5 nitrogen and oxygen atoms in total. The van der Waals surface area contributed by atoms with Crippen LogP contribution in [-0.2, 0) is 14.3 Å². The van der Waals surface area contributed by atoms with Crippen molar-refractivity contribution >= 4 is 11.9 Å². The van der Waals surface area contributed by atoms with Crippen LogP contribution in [-0.4, -0.2) is 36.7 Å². The summed E-state index contributed by atoms with van der Waals surface area (Å²) in [6.45, 7) is 4.59. The Morgan fingerprint density at radius 3 is 2.59 bits per heavy atom. The van der Waals surface area contributed by atoms with Crippen molar-refractivity contribution in [3.63, 3.8) is 0 Å². The van der Waals surface area contributed by atoms with Gasteiger partial charge >= 0.3 is 5.97 Å². The van der Waals surface area contributed by atoms with Crippen LogP contribution in [0.5, 0.6) is 0 Å². The van der Waals surface area contributed by atoms with Gasteiger partial charge in [0.15, 0.2) is 0 Å². The molecule has 0 unspecified atom stereocenters. The average Bonchev–Trinajstić information content (AvgIpc) is 2.34. The first-order valence-electron chi connectivity index (χ1n) is 5.79. The molecule has 1 amide bonds. The highest BCUT2D eigenvalue weighted by Gasteiger charge is 2.40. The molecular formula is C12H19NO4. The summed E-state index contributed by atoms with van der Waals surface area (Å²) < 4.78 is 5.16. The minimum Gasteiger partial charge on any atom is -0.481 e. The standard InChI is InChI=1S/C12H19NO4/c1-2-3-4-10(14)13-9-12(11(15)16)5-7-17-8-6-12/h2H,1,3-9H2,(H,13,14)(H,15,16). The number of hydrogen-bond acceptors (Lipinski definition) is 3. The highest BCUT2D eigenvalue weighted by Crippen LogP contribution is 2.30. The van der Waals surface area contributed by atoms with Gasteiger partial charge in [-0.25, -0.2) is 0 Å². The molecule has 96 valence electrons. The number of aliphatic carboxylic acids is 1. The van der Waals surface area contributed by atoms with Crippen molar-refractivity contribution in [3.05, 3.63) is 12.7 Å². The maximum Gasteiger partial charge on any atom is 0.311 e. The third-order valence-corrected chi connectivity index (χ3v) is 3.10.